The Labute approximate surface area is 145 Å². The molecule has 0 radical (unpaired) electrons. The quantitative estimate of drug-likeness (QED) is 0.634. The summed E-state index contributed by atoms with van der Waals surface area (Å²) in [7, 11) is 0. The average molecular weight is 369 g/mol. The van der Waals surface area contributed by atoms with E-state index in [1.165, 1.54) is 6.92 Å². The third-order valence-corrected chi connectivity index (χ3v) is 4.88. The Bertz CT molecular complexity index is 854. The maximum atomic E-state index is 12.1. The van der Waals surface area contributed by atoms with Crippen LogP contribution >= 0.6 is 34.5 Å². The first-order chi connectivity index (χ1) is 10.8. The minimum absolute atomic E-state index is 0.0944. The van der Waals surface area contributed by atoms with E-state index < -0.39 is 24.3 Å². The molecule has 5 nitrogen and oxygen atoms in total. The molecule has 118 valence electrons. The molecule has 0 saturated carbocycles. The number of esters is 1. The lowest BCUT2D eigenvalue weighted by Crippen LogP contribution is -2.25. The number of hydrogen-bond donors (Lipinski definition) is 1. The van der Waals surface area contributed by atoms with Crippen molar-refractivity contribution in [2.24, 2.45) is 5.92 Å². The summed E-state index contributed by atoms with van der Waals surface area (Å²) in [5.74, 6) is -2.60. The lowest BCUT2D eigenvalue weighted by molar-refractivity contribution is -0.122. The highest BCUT2D eigenvalue weighted by Crippen LogP contribution is 2.37. The van der Waals surface area contributed by atoms with Gasteiger partial charge in [-0.3, -0.25) is 4.79 Å². The molecule has 0 bridgehead atoms. The van der Waals surface area contributed by atoms with Gasteiger partial charge in [0, 0.05) is 20.8 Å². The van der Waals surface area contributed by atoms with Crippen LogP contribution in [0, 0.1) is 22.7 Å². The number of fused-ring (bicyclic) bond motifs is 1. The third kappa shape index (κ3) is 3.70. The summed E-state index contributed by atoms with van der Waals surface area (Å²) in [5.41, 5.74) is -0.0944. The van der Waals surface area contributed by atoms with E-state index in [4.69, 9.17) is 38.6 Å². The number of nitrogens with zero attached hydrogens (tertiary/aromatic N) is 1. The first-order valence-corrected chi connectivity index (χ1v) is 7.94. The number of halogens is 2. The molecule has 1 heterocycles. The van der Waals surface area contributed by atoms with Crippen molar-refractivity contribution < 1.29 is 14.3 Å². The van der Waals surface area contributed by atoms with Crippen molar-refractivity contribution in [2.45, 2.75) is 6.92 Å². The number of Topliss-reactive ketones (excluding diaryl/α,β-unsaturated/α-hetero) is 1. The second kappa shape index (κ2) is 7.09. The van der Waals surface area contributed by atoms with Crippen LogP contribution in [0.4, 0.5) is 0 Å². The van der Waals surface area contributed by atoms with E-state index in [2.05, 4.69) is 0 Å². The van der Waals surface area contributed by atoms with Gasteiger partial charge < -0.3 is 10.1 Å². The predicted octanol–water partition coefficient (Wildman–Crippen LogP) is 4.11. The van der Waals surface area contributed by atoms with Gasteiger partial charge in [-0.2, -0.15) is 5.26 Å². The van der Waals surface area contributed by atoms with Gasteiger partial charge in [0.25, 0.3) is 0 Å². The molecule has 2 rings (SSSR count). The van der Waals surface area contributed by atoms with Crippen LogP contribution in [0.3, 0.4) is 0 Å². The molecule has 1 aromatic heterocycles. The molecule has 8 heteroatoms. The fourth-order valence-electron chi connectivity index (χ4n) is 1.87. The Morgan fingerprint density at radius 2 is 2.13 bits per heavy atom. The number of carbonyl (C=O) groups is 2. The number of benzene rings is 1. The van der Waals surface area contributed by atoms with E-state index in [-0.39, 0.29) is 15.6 Å². The summed E-state index contributed by atoms with van der Waals surface area (Å²) in [5, 5.41) is 17.6. The number of ketones is 1. The molecular weight excluding hydrogens is 359 g/mol. The largest absolute Gasteiger partial charge is 0.453 e. The Balaban J connectivity index is 2.16. The molecule has 2 aromatic rings. The van der Waals surface area contributed by atoms with Crippen LogP contribution in [-0.2, 0) is 9.53 Å². The van der Waals surface area contributed by atoms with E-state index in [1.807, 2.05) is 0 Å². The van der Waals surface area contributed by atoms with Crippen molar-refractivity contribution in [3.05, 3.63) is 33.1 Å². The highest BCUT2D eigenvalue weighted by molar-refractivity contribution is 7.21. The number of nitriles is 1. The lowest BCUT2D eigenvalue weighted by atomic mass is 10.0. The van der Waals surface area contributed by atoms with Crippen LogP contribution in [0.5, 0.6) is 0 Å². The second-order valence-corrected chi connectivity index (χ2v) is 6.54. The molecule has 0 saturated heterocycles. The maximum Gasteiger partial charge on any atom is 0.350 e. The zero-order chi connectivity index (χ0) is 17.1. The first-order valence-electron chi connectivity index (χ1n) is 6.37. The lowest BCUT2D eigenvalue weighted by Gasteiger charge is -2.06. The minimum atomic E-state index is -1.21. The fraction of sp³-hybridized carbons (Fsp3) is 0.200. The molecule has 0 aliphatic carbocycles. The summed E-state index contributed by atoms with van der Waals surface area (Å²) >= 11 is 13.2. The number of rotatable bonds is 5. The molecule has 23 heavy (non-hydrogen) atoms. The first kappa shape index (κ1) is 17.4. The number of thiophene rings is 1. The zero-order valence-electron chi connectivity index (χ0n) is 11.9. The van der Waals surface area contributed by atoms with Crippen LogP contribution in [0.25, 0.3) is 10.1 Å². The molecule has 0 aliphatic rings. The van der Waals surface area contributed by atoms with Gasteiger partial charge in [-0.1, -0.05) is 29.3 Å². The van der Waals surface area contributed by atoms with Crippen molar-refractivity contribution >= 4 is 62.1 Å². The summed E-state index contributed by atoms with van der Waals surface area (Å²) in [6.07, 6.45) is 0. The molecule has 0 fully saturated rings. The van der Waals surface area contributed by atoms with E-state index in [1.54, 1.807) is 24.3 Å². The zero-order valence-corrected chi connectivity index (χ0v) is 14.2. The van der Waals surface area contributed by atoms with Crippen molar-refractivity contribution in [1.29, 1.82) is 10.7 Å². The molecule has 1 unspecified atom stereocenters. The predicted molar refractivity (Wildman–Crippen MR) is 89.6 cm³/mol. The van der Waals surface area contributed by atoms with Gasteiger partial charge in [0.15, 0.2) is 12.4 Å². The molecule has 0 spiro atoms. The van der Waals surface area contributed by atoms with Gasteiger partial charge in [-0.15, -0.1) is 11.3 Å². The molecular formula is C15H10Cl2N2O3S. The summed E-state index contributed by atoms with van der Waals surface area (Å²) in [4.78, 5) is 24.0. The Morgan fingerprint density at radius 3 is 2.74 bits per heavy atom. The third-order valence-electron chi connectivity index (χ3n) is 3.01. The number of hydrogen-bond acceptors (Lipinski definition) is 6. The van der Waals surface area contributed by atoms with Gasteiger partial charge in [0.1, 0.15) is 10.8 Å². The highest BCUT2D eigenvalue weighted by atomic mass is 35.5. The summed E-state index contributed by atoms with van der Waals surface area (Å²) in [6, 6.07) is 6.74. The standard InChI is InChI=1S/C15H10Cl2N2O3S/c1-7(19)10(5-18)11(20)6-22-15(21)14-13(17)9-3-2-8(16)4-12(9)23-14/h2-4,10,19H,6H2,1H3. The Hall–Kier alpha value is -1.94. The van der Waals surface area contributed by atoms with Crippen LogP contribution in [0.2, 0.25) is 10.0 Å². The molecule has 0 aliphatic heterocycles. The van der Waals surface area contributed by atoms with E-state index in [0.717, 1.165) is 16.0 Å². The highest BCUT2D eigenvalue weighted by Gasteiger charge is 2.24. The van der Waals surface area contributed by atoms with E-state index in [0.29, 0.717) is 10.4 Å². The van der Waals surface area contributed by atoms with Crippen LogP contribution in [0.15, 0.2) is 18.2 Å². The van der Waals surface area contributed by atoms with Crippen LogP contribution in [-0.4, -0.2) is 24.1 Å². The molecule has 1 N–H and O–H groups in total. The topological polar surface area (TPSA) is 91.0 Å². The van der Waals surface area contributed by atoms with Crippen LogP contribution in [0.1, 0.15) is 16.6 Å². The Morgan fingerprint density at radius 1 is 1.43 bits per heavy atom. The van der Waals surface area contributed by atoms with Crippen molar-refractivity contribution in [3.8, 4) is 6.07 Å². The van der Waals surface area contributed by atoms with Crippen molar-refractivity contribution in [2.75, 3.05) is 6.61 Å². The van der Waals surface area contributed by atoms with Gasteiger partial charge >= 0.3 is 5.97 Å². The monoisotopic (exact) mass is 368 g/mol. The Kier molecular flexibility index (Phi) is 5.37. The SMILES string of the molecule is CC(=N)C(C#N)C(=O)COC(=O)c1sc2cc(Cl)ccc2c1Cl. The molecule has 0 amide bonds. The number of ether oxygens (including phenoxy) is 1. The van der Waals surface area contributed by atoms with E-state index >= 15 is 0 Å². The molecule has 1 atom stereocenters. The number of nitrogens with one attached hydrogen (secondary N) is 1. The van der Waals surface area contributed by atoms with Gasteiger partial charge in [-0.05, 0) is 19.1 Å². The second-order valence-electron chi connectivity index (χ2n) is 4.67. The van der Waals surface area contributed by atoms with Crippen molar-refractivity contribution in [3.63, 3.8) is 0 Å². The molecule has 1 aromatic carbocycles. The van der Waals surface area contributed by atoms with Gasteiger partial charge in [0.2, 0.25) is 0 Å². The normalized spacial score (nSPS) is 11.7. The number of carbonyl (C=O) groups excluding carboxylic acids is 2. The van der Waals surface area contributed by atoms with Gasteiger partial charge in [-0.25, -0.2) is 4.79 Å². The minimum Gasteiger partial charge on any atom is -0.453 e. The summed E-state index contributed by atoms with van der Waals surface area (Å²) < 4.78 is 5.65. The van der Waals surface area contributed by atoms with Crippen LogP contribution < -0.4 is 0 Å². The average Bonchev–Trinajstić information content (AvgIpc) is 2.81. The van der Waals surface area contributed by atoms with Crippen molar-refractivity contribution in [1.82, 2.24) is 0 Å². The summed E-state index contributed by atoms with van der Waals surface area (Å²) in [6.45, 7) is 0.763. The fourth-order valence-corrected chi connectivity index (χ4v) is 3.54. The smallest absolute Gasteiger partial charge is 0.350 e. The van der Waals surface area contributed by atoms with Gasteiger partial charge in [0.05, 0.1) is 11.1 Å². The maximum absolute atomic E-state index is 12.1. The van der Waals surface area contributed by atoms with E-state index in [9.17, 15) is 9.59 Å².